The van der Waals surface area contributed by atoms with Crippen LogP contribution in [0.4, 0.5) is 4.79 Å². The topological polar surface area (TPSA) is 179 Å². The molecule has 0 spiro atoms. The molecule has 2 saturated heterocycles. The molecular formula is C37H48N4O9S2. The third-order valence-corrected chi connectivity index (χ3v) is 14.8. The van der Waals surface area contributed by atoms with E-state index < -0.39 is 67.4 Å². The van der Waals surface area contributed by atoms with Crippen molar-refractivity contribution < 1.29 is 41.6 Å². The van der Waals surface area contributed by atoms with Crippen molar-refractivity contribution in [3.8, 4) is 5.75 Å². The van der Waals surface area contributed by atoms with Gasteiger partial charge in [-0.2, -0.15) is 4.31 Å². The average molecular weight is 757 g/mol. The van der Waals surface area contributed by atoms with Crippen molar-refractivity contribution in [2.45, 2.75) is 107 Å². The second-order valence-corrected chi connectivity index (χ2v) is 18.1. The van der Waals surface area contributed by atoms with Crippen molar-refractivity contribution in [2.75, 3.05) is 20.2 Å². The number of sulfonamides is 1. The Labute approximate surface area is 307 Å². The summed E-state index contributed by atoms with van der Waals surface area (Å²) in [5.41, 5.74) is 1.77. The highest BCUT2D eigenvalue weighted by atomic mass is 32.2. The summed E-state index contributed by atoms with van der Waals surface area (Å²) < 4.78 is 46.5. The van der Waals surface area contributed by atoms with Gasteiger partial charge in [0, 0.05) is 24.7 Å². The number of carbonyl (C=O) groups is 4. The lowest BCUT2D eigenvalue weighted by Crippen LogP contribution is -2.61. The highest BCUT2D eigenvalue weighted by molar-refractivity contribution is 8.00. The van der Waals surface area contributed by atoms with E-state index in [1.54, 1.807) is 50.4 Å². The number of nitrogens with zero attached hydrogens (tertiary/aromatic N) is 2. The third-order valence-electron chi connectivity index (χ3n) is 11.6. The molecule has 2 aromatic carbocycles. The summed E-state index contributed by atoms with van der Waals surface area (Å²) in [4.78, 5) is 55.1. The maximum atomic E-state index is 13.9. The van der Waals surface area contributed by atoms with Crippen LogP contribution in [0.25, 0.3) is 0 Å². The molecule has 4 atom stereocenters. The summed E-state index contributed by atoms with van der Waals surface area (Å²) in [7, 11) is -4.15. The Balaban J connectivity index is 1.09. The van der Waals surface area contributed by atoms with Crippen molar-refractivity contribution in [3.63, 3.8) is 0 Å². The number of hydrogen-bond donors (Lipinski definition) is 3. The fourth-order valence-corrected chi connectivity index (χ4v) is 11.2. The van der Waals surface area contributed by atoms with Crippen molar-refractivity contribution in [2.24, 2.45) is 11.3 Å². The number of hydrogen-bond acceptors (Lipinski definition) is 8. The molecule has 2 heterocycles. The molecule has 2 aliphatic carbocycles. The Hall–Kier alpha value is -3.82. The van der Waals surface area contributed by atoms with E-state index in [-0.39, 0.29) is 30.8 Å². The Morgan fingerprint density at radius 3 is 2.31 bits per heavy atom. The molecule has 15 heteroatoms. The first-order valence-electron chi connectivity index (χ1n) is 17.9. The van der Waals surface area contributed by atoms with E-state index in [0.717, 1.165) is 11.1 Å². The number of carboxylic acid groups (broad SMARTS) is 1. The number of methoxy groups -OCH3 is 1. The number of carboxylic acids is 1. The van der Waals surface area contributed by atoms with Gasteiger partial charge in [-0.05, 0) is 106 Å². The van der Waals surface area contributed by atoms with Crippen LogP contribution in [0.2, 0.25) is 0 Å². The van der Waals surface area contributed by atoms with Gasteiger partial charge in [0.05, 0.1) is 29.7 Å². The number of amides is 3. The summed E-state index contributed by atoms with van der Waals surface area (Å²) in [5.74, 6) is -1.56. The van der Waals surface area contributed by atoms with Gasteiger partial charge in [0.2, 0.25) is 21.8 Å². The molecule has 4 unspecified atom stereocenters. The Bertz CT molecular complexity index is 1870. The molecule has 2 aliphatic heterocycles. The zero-order valence-corrected chi connectivity index (χ0v) is 31.7. The molecule has 4 aliphatic rings. The molecule has 4 fully saturated rings. The molecular weight excluding hydrogens is 709 g/mol. The van der Waals surface area contributed by atoms with Crippen molar-refractivity contribution in [3.05, 3.63) is 58.7 Å². The summed E-state index contributed by atoms with van der Waals surface area (Å²) in [6.45, 7) is 5.22. The van der Waals surface area contributed by atoms with Gasteiger partial charge in [-0.3, -0.25) is 19.2 Å². The second kappa shape index (κ2) is 14.9. The molecule has 13 nitrogen and oxygen atoms in total. The first kappa shape index (κ1) is 37.9. The smallest absolute Gasteiger partial charge is 0.314 e. The molecule has 282 valence electrons. The van der Waals surface area contributed by atoms with Crippen LogP contribution in [0.15, 0.2) is 41.3 Å². The van der Waals surface area contributed by atoms with E-state index in [1.165, 1.54) is 9.21 Å². The summed E-state index contributed by atoms with van der Waals surface area (Å²) in [6.07, 6.45) is 3.79. The van der Waals surface area contributed by atoms with Gasteiger partial charge in [0.15, 0.2) is 0 Å². The number of fused-ring (bicyclic) bond motifs is 1. The van der Waals surface area contributed by atoms with Gasteiger partial charge in [0.1, 0.15) is 22.6 Å². The van der Waals surface area contributed by atoms with Crippen LogP contribution >= 0.6 is 0 Å². The fourth-order valence-electron chi connectivity index (χ4n) is 8.49. The van der Waals surface area contributed by atoms with Gasteiger partial charge in [-0.25, -0.2) is 12.6 Å². The van der Waals surface area contributed by atoms with E-state index in [0.29, 0.717) is 73.1 Å². The first-order chi connectivity index (χ1) is 24.7. The zero-order valence-electron chi connectivity index (χ0n) is 30.1. The van der Waals surface area contributed by atoms with E-state index in [9.17, 15) is 36.9 Å². The van der Waals surface area contributed by atoms with Crippen molar-refractivity contribution in [1.82, 2.24) is 19.8 Å². The average Bonchev–Trinajstić information content (AvgIpc) is 3.81. The number of nitrogens with one attached hydrogen (secondary N) is 2. The maximum Gasteiger partial charge on any atom is 0.314 e. The number of ether oxygens (including phenoxy) is 1. The Morgan fingerprint density at radius 2 is 1.69 bits per heavy atom. The number of carbonyl (C=O) groups excluding carboxylic acids is 3. The Morgan fingerprint density at radius 1 is 1.02 bits per heavy atom. The SMILES string of the molecule is COc1cc(C)c(S(=O)C(=O)NC2CCC(C(NC(=O)C3CCC4CN(S(=O)(=O)Cc5ccccc5)CC(=O)N43)C3(C(=O)O)CC3)CC2)c(C)c1C. The van der Waals surface area contributed by atoms with E-state index >= 15 is 0 Å². The number of benzene rings is 2. The quantitative estimate of drug-likeness (QED) is 0.309. The minimum atomic E-state index is -3.77. The van der Waals surface area contributed by atoms with Crippen LogP contribution in [-0.4, -0.2) is 94.3 Å². The minimum Gasteiger partial charge on any atom is -0.496 e. The van der Waals surface area contributed by atoms with Crippen LogP contribution in [0.5, 0.6) is 5.75 Å². The molecule has 3 N–H and O–H groups in total. The molecule has 52 heavy (non-hydrogen) atoms. The minimum absolute atomic E-state index is 0.102. The summed E-state index contributed by atoms with van der Waals surface area (Å²) in [6, 6.07) is 8.36. The van der Waals surface area contributed by atoms with E-state index in [1.807, 2.05) is 13.8 Å². The molecule has 0 aromatic heterocycles. The van der Waals surface area contributed by atoms with Crippen molar-refractivity contribution in [1.29, 1.82) is 0 Å². The number of rotatable bonds is 11. The lowest BCUT2D eigenvalue weighted by Gasteiger charge is -2.40. The van der Waals surface area contributed by atoms with Gasteiger partial charge in [-0.1, -0.05) is 30.3 Å². The van der Waals surface area contributed by atoms with Gasteiger partial charge in [-0.15, -0.1) is 0 Å². The lowest BCUT2D eigenvalue weighted by atomic mass is 9.75. The predicted octanol–water partition coefficient (Wildman–Crippen LogP) is 3.55. The number of piperazine rings is 1. The molecule has 6 rings (SSSR count). The normalized spacial score (nSPS) is 25.5. The third kappa shape index (κ3) is 7.36. The molecule has 3 amide bonds. The van der Waals surface area contributed by atoms with Crippen LogP contribution < -0.4 is 15.4 Å². The molecule has 2 saturated carbocycles. The van der Waals surface area contributed by atoms with Crippen LogP contribution in [0.3, 0.4) is 0 Å². The maximum absolute atomic E-state index is 13.9. The van der Waals surface area contributed by atoms with E-state index in [2.05, 4.69) is 10.6 Å². The van der Waals surface area contributed by atoms with Gasteiger partial charge in [0.25, 0.3) is 0 Å². The molecule has 2 aromatic rings. The van der Waals surface area contributed by atoms with Gasteiger partial charge < -0.3 is 25.4 Å². The standard InChI is InChI=1S/C37H48N4O9S2/c1-22-18-30(50-4)23(2)24(3)32(22)51(47)36(46)38-27-12-10-26(11-13-27)33(37(16-17-37)35(44)45)39-34(43)29-15-14-28-19-40(20-31(42)41(28)29)52(48,49)21-25-8-6-5-7-9-25/h5-9,18,26-29,33H,10-17,19-21H2,1-4H3,(H,38,46)(H,39,43)(H,44,45). The van der Waals surface area contributed by atoms with Crippen LogP contribution in [0, 0.1) is 32.1 Å². The Kier molecular flexibility index (Phi) is 10.9. The second-order valence-electron chi connectivity index (χ2n) is 14.8. The predicted molar refractivity (Wildman–Crippen MR) is 193 cm³/mol. The summed E-state index contributed by atoms with van der Waals surface area (Å²) >= 11 is 0. The highest BCUT2D eigenvalue weighted by Crippen LogP contribution is 2.53. The fraction of sp³-hybridized carbons (Fsp3) is 0.568. The number of aliphatic carboxylic acids is 1. The van der Waals surface area contributed by atoms with Crippen LogP contribution in [-0.2, 0) is 41.0 Å². The highest BCUT2D eigenvalue weighted by Gasteiger charge is 2.59. The lowest BCUT2D eigenvalue weighted by molar-refractivity contribution is -0.148. The first-order valence-corrected chi connectivity index (χ1v) is 20.7. The molecule has 0 radical (unpaired) electrons. The monoisotopic (exact) mass is 756 g/mol. The largest absolute Gasteiger partial charge is 0.496 e. The van der Waals surface area contributed by atoms with Gasteiger partial charge >= 0.3 is 11.2 Å². The zero-order chi connectivity index (χ0) is 37.5. The molecule has 0 bridgehead atoms. The van der Waals surface area contributed by atoms with E-state index in [4.69, 9.17) is 4.74 Å². The van der Waals surface area contributed by atoms with Crippen molar-refractivity contribution >= 4 is 43.8 Å². The summed E-state index contributed by atoms with van der Waals surface area (Å²) in [5, 5.41) is 15.7. The van der Waals surface area contributed by atoms with Crippen LogP contribution in [0.1, 0.15) is 73.6 Å². The number of aryl methyl sites for hydroxylation is 1.